The third-order valence-corrected chi connectivity index (χ3v) is 8.50. The molecule has 13 nitrogen and oxygen atoms in total. The normalized spacial score (nSPS) is 31.0. The highest BCUT2D eigenvalue weighted by Gasteiger charge is 2.69. The van der Waals surface area contributed by atoms with E-state index >= 15 is 0 Å². The second-order valence-electron chi connectivity index (χ2n) is 9.94. The van der Waals surface area contributed by atoms with Crippen LogP contribution in [0.3, 0.4) is 0 Å². The first kappa shape index (κ1) is 28.4. The number of nitrogens with zero attached hydrogens (tertiary/aromatic N) is 1. The number of nitrogens with two attached hydrogens (primary N) is 2. The number of aromatic hydroxyl groups is 1. The lowest BCUT2D eigenvalue weighted by Gasteiger charge is -2.52. The van der Waals surface area contributed by atoms with Crippen LogP contribution in [0, 0.1) is 23.7 Å². The molecule has 2 fully saturated rings. The molecule has 6 atom stereocenters. The van der Waals surface area contributed by atoms with Crippen LogP contribution in [0.25, 0.3) is 0 Å². The highest BCUT2D eigenvalue weighted by molar-refractivity contribution is 7.88. The zero-order valence-corrected chi connectivity index (χ0v) is 21.0. The van der Waals surface area contributed by atoms with Crippen molar-refractivity contribution in [3.63, 3.8) is 0 Å². The number of fused-ring (bicyclic) bond motifs is 3. The van der Waals surface area contributed by atoms with Crippen LogP contribution in [0.1, 0.15) is 22.3 Å². The minimum Gasteiger partial charge on any atom is -0.505 e. The summed E-state index contributed by atoms with van der Waals surface area (Å²) in [7, 11) is -3.43. The summed E-state index contributed by atoms with van der Waals surface area (Å²) in [5, 5.41) is 22.0. The molecule has 1 aromatic rings. The van der Waals surface area contributed by atoms with Gasteiger partial charge in [-0.05, 0) is 44.5 Å². The van der Waals surface area contributed by atoms with Crippen LogP contribution in [0.15, 0.2) is 6.07 Å². The van der Waals surface area contributed by atoms with Crippen molar-refractivity contribution in [1.82, 2.24) is 4.90 Å². The molecule has 0 saturated heterocycles. The summed E-state index contributed by atoms with van der Waals surface area (Å²) in [6.45, 7) is 0. The summed E-state index contributed by atoms with van der Waals surface area (Å²) >= 11 is 0. The number of rotatable bonds is 4. The lowest BCUT2D eigenvalue weighted by Crippen LogP contribution is -2.74. The van der Waals surface area contributed by atoms with E-state index in [9.17, 15) is 55.8 Å². The molecule has 4 unspecified atom stereocenters. The highest BCUT2D eigenvalue weighted by atomic mass is 32.2. The van der Waals surface area contributed by atoms with Crippen molar-refractivity contribution < 1.29 is 60.0 Å². The summed E-state index contributed by atoms with van der Waals surface area (Å²) in [5.74, 6) is -15.0. The molecule has 17 heteroatoms. The number of nitrogen functional groups attached to an aromatic ring is 1. The molecule has 0 radical (unpaired) electrons. The van der Waals surface area contributed by atoms with Gasteiger partial charge in [0.05, 0.1) is 17.5 Å². The molecule has 3 aliphatic carbocycles. The second-order valence-corrected chi connectivity index (χ2v) is 11.5. The van der Waals surface area contributed by atoms with Gasteiger partial charge in [0.25, 0.3) is 0 Å². The number of carbonyl (C=O) groups excluding carboxylic acids is 5. The van der Waals surface area contributed by atoms with Crippen molar-refractivity contribution in [3.8, 4) is 11.5 Å². The Morgan fingerprint density at radius 2 is 1.77 bits per heavy atom. The van der Waals surface area contributed by atoms with Crippen LogP contribution in [-0.4, -0.2) is 83.8 Å². The molecule has 4 rings (SSSR count). The molecule has 0 aromatic heterocycles. The van der Waals surface area contributed by atoms with E-state index in [2.05, 4.69) is 4.18 Å². The van der Waals surface area contributed by atoms with Crippen LogP contribution in [0.4, 0.5) is 18.9 Å². The number of hydrogen-bond acceptors (Lipinski definition) is 12. The van der Waals surface area contributed by atoms with Crippen molar-refractivity contribution >= 4 is 44.8 Å². The Morgan fingerprint density at radius 1 is 1.18 bits per heavy atom. The van der Waals surface area contributed by atoms with Gasteiger partial charge in [-0.3, -0.25) is 28.9 Å². The number of hydrogen-bond donors (Lipinski definition) is 4. The van der Waals surface area contributed by atoms with Crippen LogP contribution in [-0.2, 0) is 35.7 Å². The highest BCUT2D eigenvalue weighted by Crippen LogP contribution is 2.52. The van der Waals surface area contributed by atoms with Crippen molar-refractivity contribution in [2.45, 2.75) is 30.0 Å². The molecular formula is C22H22F3N3O10S. The number of carbonyl (C=O) groups is 5. The van der Waals surface area contributed by atoms with Gasteiger partial charge in [-0.2, -0.15) is 21.6 Å². The van der Waals surface area contributed by atoms with E-state index in [0.29, 0.717) is 6.07 Å². The zero-order valence-electron chi connectivity index (χ0n) is 20.2. The van der Waals surface area contributed by atoms with Crippen LogP contribution >= 0.6 is 0 Å². The number of benzene rings is 1. The van der Waals surface area contributed by atoms with E-state index in [4.69, 9.17) is 11.5 Å². The predicted octanol–water partition coefficient (Wildman–Crippen LogP) is -1.32. The van der Waals surface area contributed by atoms with Gasteiger partial charge >= 0.3 is 15.6 Å². The smallest absolute Gasteiger partial charge is 0.505 e. The predicted molar refractivity (Wildman–Crippen MR) is 121 cm³/mol. The number of halogens is 3. The fourth-order valence-electron chi connectivity index (χ4n) is 5.88. The first-order chi connectivity index (χ1) is 17.8. The fourth-order valence-corrected chi connectivity index (χ4v) is 6.35. The largest absolute Gasteiger partial charge is 0.534 e. The summed E-state index contributed by atoms with van der Waals surface area (Å²) < 4.78 is 65.5. The Bertz CT molecular complexity index is 1460. The number of phenols is 1. The van der Waals surface area contributed by atoms with Crippen molar-refractivity contribution in [2.24, 2.45) is 29.4 Å². The van der Waals surface area contributed by atoms with E-state index in [1.807, 2.05) is 0 Å². The lowest BCUT2D eigenvalue weighted by molar-refractivity contribution is -0.181. The Morgan fingerprint density at radius 3 is 2.28 bits per heavy atom. The third kappa shape index (κ3) is 3.89. The molecule has 3 aliphatic rings. The maximum Gasteiger partial charge on any atom is 0.534 e. The topological polar surface area (TPSA) is 224 Å². The molecule has 1 amide bonds. The summed E-state index contributed by atoms with van der Waals surface area (Å²) in [5.41, 5.74) is 0.0559. The standard InChI is InChI=1S/C22H22F3N3O10S/c1-28(2)14-8-4-6-3-7-5-9(38-39(36,37)22(23,24)25)13(26)16(30)10(7)15(29)11(6)18(32)21(8,35)19(33)12(17(14)31)20(27)34/h5-6,8,11-12,14,30,35H,3-4,26H2,1-2H3,(H2,27,34)/t6?,8?,11?,12?,14-,21-/m0/s1. The molecule has 0 aliphatic heterocycles. The van der Waals surface area contributed by atoms with Crippen molar-refractivity contribution in [1.29, 1.82) is 0 Å². The van der Waals surface area contributed by atoms with Crippen molar-refractivity contribution in [3.05, 3.63) is 17.2 Å². The number of ketones is 4. The number of aliphatic hydroxyl groups is 1. The van der Waals surface area contributed by atoms with Gasteiger partial charge in [-0.15, -0.1) is 0 Å². The lowest BCUT2D eigenvalue weighted by atomic mass is 9.52. The summed E-state index contributed by atoms with van der Waals surface area (Å²) in [6.07, 6.45) is -0.672. The van der Waals surface area contributed by atoms with Crippen LogP contribution in [0.5, 0.6) is 11.5 Å². The maximum atomic E-state index is 13.6. The van der Waals surface area contributed by atoms with Crippen molar-refractivity contribution in [2.75, 3.05) is 19.8 Å². The van der Waals surface area contributed by atoms with E-state index in [0.717, 1.165) is 0 Å². The fraction of sp³-hybridized carbons (Fsp3) is 0.500. The Hall–Kier alpha value is -3.57. The van der Waals surface area contributed by atoms with E-state index in [-0.39, 0.29) is 18.4 Å². The molecule has 1 aromatic carbocycles. The summed E-state index contributed by atoms with van der Waals surface area (Å²) in [4.78, 5) is 66.5. The van der Waals surface area contributed by atoms with Gasteiger partial charge in [0, 0.05) is 5.92 Å². The molecule has 0 bridgehead atoms. The van der Waals surface area contributed by atoms with Crippen LogP contribution in [0.2, 0.25) is 0 Å². The number of Topliss-reactive ketones (excluding diaryl/α,β-unsaturated/α-hetero) is 4. The number of primary amides is 1. The van der Waals surface area contributed by atoms with Gasteiger partial charge < -0.3 is 25.9 Å². The number of likely N-dealkylation sites (N-methyl/N-ethyl adjacent to an activating group) is 1. The van der Waals surface area contributed by atoms with Gasteiger partial charge in [0.2, 0.25) is 5.91 Å². The molecule has 0 heterocycles. The summed E-state index contributed by atoms with van der Waals surface area (Å²) in [6, 6.07) is -0.654. The quantitative estimate of drug-likeness (QED) is 0.107. The number of amides is 1. The number of alkyl halides is 3. The number of phenolic OH excluding ortho intramolecular Hbond substituents is 1. The Labute approximate surface area is 218 Å². The molecule has 6 N–H and O–H groups in total. The number of anilines is 1. The Kier molecular flexibility index (Phi) is 6.36. The molecular weight excluding hydrogens is 555 g/mol. The first-order valence-electron chi connectivity index (χ1n) is 11.3. The maximum absolute atomic E-state index is 13.6. The first-order valence-corrected chi connectivity index (χ1v) is 12.7. The van der Waals surface area contributed by atoms with Crippen LogP contribution < -0.4 is 15.7 Å². The van der Waals surface area contributed by atoms with Gasteiger partial charge in [0.1, 0.15) is 5.69 Å². The molecule has 39 heavy (non-hydrogen) atoms. The second kappa shape index (κ2) is 8.72. The van der Waals surface area contributed by atoms with E-state index < -0.39 is 103 Å². The minimum absolute atomic E-state index is 0.219. The van der Waals surface area contributed by atoms with E-state index in [1.165, 1.54) is 19.0 Å². The average molecular weight is 577 g/mol. The molecule has 2 saturated carbocycles. The van der Waals surface area contributed by atoms with Gasteiger partial charge in [-0.1, -0.05) is 0 Å². The molecule has 212 valence electrons. The minimum atomic E-state index is -6.21. The molecule has 0 spiro atoms. The van der Waals surface area contributed by atoms with E-state index in [1.54, 1.807) is 0 Å². The van der Waals surface area contributed by atoms with Gasteiger partial charge in [0.15, 0.2) is 46.2 Å². The van der Waals surface area contributed by atoms with Gasteiger partial charge in [-0.25, -0.2) is 0 Å². The Balaban J connectivity index is 1.84. The zero-order chi connectivity index (χ0) is 29.6. The monoisotopic (exact) mass is 577 g/mol. The average Bonchev–Trinajstić information content (AvgIpc) is 2.78. The third-order valence-electron chi connectivity index (χ3n) is 7.54. The SMILES string of the molecule is CN(C)[C@@H]1C(=O)C(C(N)=O)C(=O)[C@@]2(O)C(=O)C3C(=O)c4c(cc(OS(=O)(=O)C(F)(F)F)c(N)c4O)CC3CC12.